The summed E-state index contributed by atoms with van der Waals surface area (Å²) in [5.74, 6) is 0.577. The summed E-state index contributed by atoms with van der Waals surface area (Å²) in [6.07, 6.45) is -1.37. The van der Waals surface area contributed by atoms with Gasteiger partial charge in [-0.2, -0.15) is 18.3 Å². The van der Waals surface area contributed by atoms with Crippen LogP contribution in [0.4, 0.5) is 13.2 Å². The molecule has 0 spiro atoms. The quantitative estimate of drug-likeness (QED) is 0.437. The number of nitrogens with zero attached hydrogens (tertiary/aromatic N) is 2. The minimum atomic E-state index is -4.49. The molecule has 0 saturated heterocycles. The molecule has 1 N–H and O–H groups in total. The van der Waals surface area contributed by atoms with Gasteiger partial charge in [-0.25, -0.2) is 0 Å². The zero-order valence-corrected chi connectivity index (χ0v) is 13.5. The maximum Gasteiger partial charge on any atom is 0.432 e. The molecule has 0 radical (unpaired) electrons. The fourth-order valence-electron chi connectivity index (χ4n) is 2.96. The molecule has 0 unspecified atom stereocenters. The van der Waals surface area contributed by atoms with Crippen LogP contribution in [0.25, 0.3) is 44.7 Å². The molecule has 8 heteroatoms. The summed E-state index contributed by atoms with van der Waals surface area (Å²) in [7, 11) is 0. The number of aromatic nitrogens is 3. The normalized spacial score (nSPS) is 12.3. The van der Waals surface area contributed by atoms with Crippen LogP contribution in [0.15, 0.2) is 63.8 Å². The fraction of sp³-hybridized carbons (Fsp3) is 0.0526. The molecule has 0 bridgehead atoms. The van der Waals surface area contributed by atoms with Gasteiger partial charge in [-0.3, -0.25) is 10.1 Å². The van der Waals surface area contributed by atoms with E-state index >= 15 is 0 Å². The Kier molecular flexibility index (Phi) is 3.18. The molecule has 0 aliphatic rings. The van der Waals surface area contributed by atoms with Crippen LogP contribution in [0.5, 0.6) is 0 Å². The van der Waals surface area contributed by atoms with Crippen molar-refractivity contribution in [3.8, 4) is 22.7 Å². The third-order valence-electron chi connectivity index (χ3n) is 4.28. The number of hydrogen-bond donors (Lipinski definition) is 1. The van der Waals surface area contributed by atoms with Gasteiger partial charge in [-0.1, -0.05) is 0 Å². The second kappa shape index (κ2) is 5.47. The third-order valence-corrected chi connectivity index (χ3v) is 4.28. The molecule has 1 aromatic carbocycles. The summed E-state index contributed by atoms with van der Waals surface area (Å²) in [5, 5.41) is 7.49. The smallest absolute Gasteiger partial charge is 0.432 e. The number of H-pyrrole nitrogens is 1. The Balaban J connectivity index is 1.57. The highest BCUT2D eigenvalue weighted by atomic mass is 19.4. The first-order valence-corrected chi connectivity index (χ1v) is 7.97. The van der Waals surface area contributed by atoms with E-state index in [1.807, 2.05) is 29.4 Å². The molecule has 4 aromatic heterocycles. The van der Waals surface area contributed by atoms with Gasteiger partial charge in [0.25, 0.3) is 0 Å². The lowest BCUT2D eigenvalue weighted by Crippen LogP contribution is -2.04. The minimum Gasteiger partial charge on any atom is -0.464 e. The number of hydrogen-bond acceptors (Lipinski definition) is 4. The fourth-order valence-corrected chi connectivity index (χ4v) is 2.96. The van der Waals surface area contributed by atoms with Crippen LogP contribution in [-0.2, 0) is 6.18 Å². The van der Waals surface area contributed by atoms with Gasteiger partial charge in [-0.05, 0) is 42.5 Å². The first kappa shape index (κ1) is 15.7. The van der Waals surface area contributed by atoms with Crippen molar-refractivity contribution in [2.75, 3.05) is 0 Å². The van der Waals surface area contributed by atoms with E-state index in [0.29, 0.717) is 22.6 Å². The number of rotatable bonds is 2. The number of benzene rings is 1. The van der Waals surface area contributed by atoms with Crippen molar-refractivity contribution in [1.29, 1.82) is 0 Å². The predicted molar refractivity (Wildman–Crippen MR) is 91.8 cm³/mol. The highest BCUT2D eigenvalue weighted by Crippen LogP contribution is 2.33. The number of alkyl halides is 3. The highest BCUT2D eigenvalue weighted by molar-refractivity contribution is 5.95. The molecule has 5 nitrogen and oxygen atoms in total. The summed E-state index contributed by atoms with van der Waals surface area (Å²) < 4.78 is 49.6. The monoisotopic (exact) mass is 369 g/mol. The summed E-state index contributed by atoms with van der Waals surface area (Å²) in [5.41, 5.74) is 1.63. The molecular weight excluding hydrogens is 359 g/mol. The summed E-state index contributed by atoms with van der Waals surface area (Å²) >= 11 is 0. The zero-order valence-electron chi connectivity index (χ0n) is 13.5. The van der Waals surface area contributed by atoms with E-state index in [1.54, 1.807) is 18.4 Å². The summed E-state index contributed by atoms with van der Waals surface area (Å²) in [6.45, 7) is 0. The first-order chi connectivity index (χ1) is 13.0. The molecule has 5 aromatic rings. The van der Waals surface area contributed by atoms with Crippen molar-refractivity contribution in [3.63, 3.8) is 0 Å². The number of halogens is 3. The van der Waals surface area contributed by atoms with E-state index in [0.717, 1.165) is 22.4 Å². The maximum atomic E-state index is 12.8. The average molecular weight is 369 g/mol. The van der Waals surface area contributed by atoms with Crippen molar-refractivity contribution in [1.82, 2.24) is 15.2 Å². The van der Waals surface area contributed by atoms with Crippen LogP contribution in [0.1, 0.15) is 5.69 Å². The SMILES string of the molecule is FC(F)(F)c1cc(-c2cc(-c3cc4cc5occc5cc4o3)ccn2)n[nH]1. The molecule has 0 amide bonds. The van der Waals surface area contributed by atoms with E-state index < -0.39 is 11.9 Å². The van der Waals surface area contributed by atoms with E-state index in [4.69, 9.17) is 8.83 Å². The molecule has 0 atom stereocenters. The number of fused-ring (bicyclic) bond motifs is 2. The van der Waals surface area contributed by atoms with Crippen LogP contribution in [0.3, 0.4) is 0 Å². The van der Waals surface area contributed by atoms with Crippen molar-refractivity contribution in [3.05, 3.63) is 60.6 Å². The van der Waals surface area contributed by atoms with Gasteiger partial charge in [0.2, 0.25) is 0 Å². The Morgan fingerprint density at radius 1 is 0.889 bits per heavy atom. The Hall–Kier alpha value is -3.55. The average Bonchev–Trinajstić information content (AvgIpc) is 3.37. The predicted octanol–water partition coefficient (Wildman–Crippen LogP) is 5.65. The standard InChI is InChI=1S/C19H10F3N3O2/c20-19(21,22)18-9-14(24-25-18)13-5-10(1-3-23-13)16-8-12-7-15-11(2-4-26-15)6-17(12)27-16/h1-9H,(H,24,25). The van der Waals surface area contributed by atoms with Gasteiger partial charge in [0.15, 0.2) is 0 Å². The Labute approximate surface area is 149 Å². The van der Waals surface area contributed by atoms with E-state index in [-0.39, 0.29) is 5.69 Å². The molecule has 0 fully saturated rings. The third kappa shape index (κ3) is 2.66. The molecule has 134 valence electrons. The second-order valence-corrected chi connectivity index (χ2v) is 6.05. The molecule has 27 heavy (non-hydrogen) atoms. The van der Waals surface area contributed by atoms with Gasteiger partial charge in [0, 0.05) is 22.5 Å². The van der Waals surface area contributed by atoms with Gasteiger partial charge in [-0.15, -0.1) is 0 Å². The topological polar surface area (TPSA) is 67.8 Å². The van der Waals surface area contributed by atoms with Crippen LogP contribution in [0.2, 0.25) is 0 Å². The van der Waals surface area contributed by atoms with Gasteiger partial charge < -0.3 is 8.83 Å². The first-order valence-electron chi connectivity index (χ1n) is 7.97. The number of nitrogens with one attached hydrogen (secondary N) is 1. The lowest BCUT2D eigenvalue weighted by molar-refractivity contribution is -0.141. The second-order valence-electron chi connectivity index (χ2n) is 6.05. The Bertz CT molecular complexity index is 1230. The molecule has 0 aliphatic carbocycles. The Morgan fingerprint density at radius 2 is 1.74 bits per heavy atom. The van der Waals surface area contributed by atoms with Crippen molar-refractivity contribution < 1.29 is 22.0 Å². The molecular formula is C19H10F3N3O2. The molecule has 0 aliphatic heterocycles. The molecule has 0 saturated carbocycles. The molecule has 4 heterocycles. The largest absolute Gasteiger partial charge is 0.464 e. The van der Waals surface area contributed by atoms with Gasteiger partial charge in [0.05, 0.1) is 12.0 Å². The van der Waals surface area contributed by atoms with Crippen molar-refractivity contribution in [2.24, 2.45) is 0 Å². The Morgan fingerprint density at radius 3 is 2.56 bits per heavy atom. The summed E-state index contributed by atoms with van der Waals surface area (Å²) in [6, 6.07) is 11.7. The highest BCUT2D eigenvalue weighted by Gasteiger charge is 2.33. The lowest BCUT2D eigenvalue weighted by atomic mass is 10.1. The van der Waals surface area contributed by atoms with Crippen molar-refractivity contribution in [2.45, 2.75) is 6.18 Å². The zero-order chi connectivity index (χ0) is 18.6. The van der Waals surface area contributed by atoms with Crippen molar-refractivity contribution >= 4 is 21.9 Å². The van der Waals surface area contributed by atoms with E-state index in [1.165, 1.54) is 6.20 Å². The van der Waals surface area contributed by atoms with Gasteiger partial charge in [0.1, 0.15) is 28.3 Å². The maximum absolute atomic E-state index is 12.8. The number of pyridine rings is 1. The number of furan rings is 2. The van der Waals surface area contributed by atoms with Crippen LogP contribution in [0, 0.1) is 0 Å². The van der Waals surface area contributed by atoms with Crippen LogP contribution in [-0.4, -0.2) is 15.2 Å². The minimum absolute atomic E-state index is 0.109. The summed E-state index contributed by atoms with van der Waals surface area (Å²) in [4.78, 5) is 4.11. The molecule has 5 rings (SSSR count). The van der Waals surface area contributed by atoms with Gasteiger partial charge >= 0.3 is 6.18 Å². The lowest BCUT2D eigenvalue weighted by Gasteiger charge is -2.00. The number of aromatic amines is 1. The van der Waals surface area contributed by atoms with E-state index in [9.17, 15) is 13.2 Å². The van der Waals surface area contributed by atoms with Crippen LogP contribution < -0.4 is 0 Å². The van der Waals surface area contributed by atoms with E-state index in [2.05, 4.69) is 10.1 Å². The van der Waals surface area contributed by atoms with Crippen LogP contribution >= 0.6 is 0 Å².